The van der Waals surface area contributed by atoms with Crippen molar-refractivity contribution in [1.82, 2.24) is 5.32 Å². The molecule has 3 aliphatic rings. The van der Waals surface area contributed by atoms with Gasteiger partial charge in [0.25, 0.3) is 0 Å². The van der Waals surface area contributed by atoms with Crippen LogP contribution in [0.4, 0.5) is 0 Å². The van der Waals surface area contributed by atoms with Crippen molar-refractivity contribution in [1.29, 1.82) is 0 Å². The van der Waals surface area contributed by atoms with Crippen molar-refractivity contribution in [3.05, 3.63) is 0 Å². The van der Waals surface area contributed by atoms with E-state index in [1.54, 1.807) is 0 Å². The van der Waals surface area contributed by atoms with Gasteiger partial charge in [0, 0.05) is 5.92 Å². The van der Waals surface area contributed by atoms with Crippen LogP contribution in [0.25, 0.3) is 0 Å². The molecule has 7 atom stereocenters. The van der Waals surface area contributed by atoms with Gasteiger partial charge in [-0.3, -0.25) is 0 Å². The number of aliphatic imine (C=N–C) groups is 1. The van der Waals surface area contributed by atoms with Crippen LogP contribution in [-0.4, -0.2) is 57.3 Å². The molecule has 0 amide bonds. The van der Waals surface area contributed by atoms with E-state index in [2.05, 4.69) is 10.3 Å². The molecule has 0 unspecified atom stereocenters. The summed E-state index contributed by atoms with van der Waals surface area (Å²) in [6.45, 7) is 1.82. The van der Waals surface area contributed by atoms with Crippen LogP contribution in [0.2, 0.25) is 0 Å². The zero-order valence-corrected chi connectivity index (χ0v) is 10.4. The van der Waals surface area contributed by atoms with Gasteiger partial charge in [0.15, 0.2) is 18.3 Å². The average molecular weight is 271 g/mol. The minimum atomic E-state index is -1.60. The summed E-state index contributed by atoms with van der Waals surface area (Å²) >= 11 is 0. The zero-order chi connectivity index (χ0) is 13.9. The summed E-state index contributed by atoms with van der Waals surface area (Å²) in [5.41, 5.74) is 4.14. The molecule has 2 bridgehead atoms. The normalized spacial score (nSPS) is 52.6. The van der Waals surface area contributed by atoms with Gasteiger partial charge in [-0.1, -0.05) is 6.92 Å². The van der Waals surface area contributed by atoms with Gasteiger partial charge < -0.3 is 31.1 Å². The van der Waals surface area contributed by atoms with E-state index in [4.69, 9.17) is 10.5 Å². The van der Waals surface area contributed by atoms with E-state index >= 15 is 0 Å². The summed E-state index contributed by atoms with van der Waals surface area (Å²) in [6, 6.07) is 0. The first kappa shape index (κ1) is 12.6. The number of hydrogen-bond donors (Lipinski definition) is 5. The molecule has 106 valence electrons. The highest BCUT2D eigenvalue weighted by atomic mass is 16.6. The number of aliphatic hydroxyl groups excluding tert-OH is 3. The lowest BCUT2D eigenvalue weighted by atomic mass is 9.61. The van der Waals surface area contributed by atoms with Gasteiger partial charge in [0.1, 0.15) is 17.7 Å². The van der Waals surface area contributed by atoms with Gasteiger partial charge in [0.2, 0.25) is 0 Å². The molecule has 1 saturated heterocycles. The van der Waals surface area contributed by atoms with Crippen LogP contribution in [-0.2, 0) is 9.53 Å². The zero-order valence-electron chi connectivity index (χ0n) is 10.4. The standard InChI is InChI=1S/C11H17N3O5/c1-3-2-4-8(17)13-10(12)14-11(4)6(15)5(3)19-9(18)7(11)16/h3-8,15-17H,2H2,1H3,(H3,12,13,14)/t3-,4-,5-,6+,7-,8+,11-/m1/s1. The molecule has 3 rings (SSSR count). The second kappa shape index (κ2) is 3.81. The Balaban J connectivity index is 2.13. The number of nitrogens with two attached hydrogens (primary N) is 1. The number of hydrogen-bond acceptors (Lipinski definition) is 8. The second-order valence-electron chi connectivity index (χ2n) is 5.55. The average Bonchev–Trinajstić information content (AvgIpc) is 2.33. The number of guanidine groups is 1. The molecule has 6 N–H and O–H groups in total. The van der Waals surface area contributed by atoms with Crippen LogP contribution in [0.3, 0.4) is 0 Å². The highest BCUT2D eigenvalue weighted by Crippen LogP contribution is 2.47. The fourth-order valence-electron chi connectivity index (χ4n) is 3.56. The maximum absolute atomic E-state index is 11.8. The topological polar surface area (TPSA) is 137 Å². The van der Waals surface area contributed by atoms with Crippen molar-refractivity contribution in [2.75, 3.05) is 0 Å². The lowest BCUT2D eigenvalue weighted by Crippen LogP contribution is -2.81. The number of rotatable bonds is 0. The number of fused-ring (bicyclic) bond motifs is 1. The van der Waals surface area contributed by atoms with Crippen molar-refractivity contribution >= 4 is 11.9 Å². The van der Waals surface area contributed by atoms with Crippen LogP contribution in [0, 0.1) is 11.8 Å². The SMILES string of the molecule is C[C@@H]1C[C@@H]2[C@H](O)N=C(N)N[C@]23[C@H](O)C(=O)O[C@H]1[C@@H]3O. The Kier molecular flexibility index (Phi) is 2.54. The molecule has 8 heteroatoms. The highest BCUT2D eigenvalue weighted by molar-refractivity contribution is 5.84. The maximum atomic E-state index is 11.8. The number of ether oxygens (including phenoxy) is 1. The summed E-state index contributed by atoms with van der Waals surface area (Å²) in [5, 5.41) is 33.3. The molecule has 1 saturated carbocycles. The fraction of sp³-hybridized carbons (Fsp3) is 0.818. The highest BCUT2D eigenvalue weighted by Gasteiger charge is 2.67. The maximum Gasteiger partial charge on any atom is 0.337 e. The Labute approximate surface area is 109 Å². The van der Waals surface area contributed by atoms with Crippen LogP contribution in [0.1, 0.15) is 13.3 Å². The lowest BCUT2D eigenvalue weighted by Gasteiger charge is -2.58. The van der Waals surface area contributed by atoms with E-state index in [1.807, 2.05) is 6.92 Å². The summed E-state index contributed by atoms with van der Waals surface area (Å²) < 4.78 is 5.07. The second-order valence-corrected chi connectivity index (χ2v) is 5.55. The van der Waals surface area contributed by atoms with Gasteiger partial charge >= 0.3 is 5.97 Å². The molecule has 1 spiro atoms. The van der Waals surface area contributed by atoms with E-state index in [0.717, 1.165) is 0 Å². The van der Waals surface area contributed by atoms with E-state index in [1.165, 1.54) is 0 Å². The summed E-state index contributed by atoms with van der Waals surface area (Å²) in [5.74, 6) is -1.68. The van der Waals surface area contributed by atoms with Crippen molar-refractivity contribution in [3.63, 3.8) is 0 Å². The molecular weight excluding hydrogens is 254 g/mol. The van der Waals surface area contributed by atoms with Crippen molar-refractivity contribution in [3.8, 4) is 0 Å². The van der Waals surface area contributed by atoms with E-state index < -0.39 is 42.0 Å². The molecule has 1 aliphatic carbocycles. The third-order valence-corrected chi connectivity index (χ3v) is 4.50. The van der Waals surface area contributed by atoms with Crippen molar-refractivity contribution < 1.29 is 24.9 Å². The number of nitrogens with one attached hydrogen (secondary N) is 1. The molecule has 8 nitrogen and oxygen atoms in total. The first-order valence-electron chi connectivity index (χ1n) is 6.24. The first-order valence-corrected chi connectivity index (χ1v) is 6.24. The molecule has 19 heavy (non-hydrogen) atoms. The minimum Gasteiger partial charge on any atom is -0.457 e. The number of carbonyl (C=O) groups is 1. The van der Waals surface area contributed by atoms with Crippen LogP contribution >= 0.6 is 0 Å². The summed E-state index contributed by atoms with van der Waals surface area (Å²) in [6.07, 6.45) is -4.19. The third kappa shape index (κ3) is 1.44. The lowest BCUT2D eigenvalue weighted by molar-refractivity contribution is -0.235. The number of carbonyl (C=O) groups excluding carboxylic acids is 1. The van der Waals surface area contributed by atoms with E-state index in [9.17, 15) is 20.1 Å². The molecule has 0 radical (unpaired) electrons. The molecular formula is C11H17N3O5. The Morgan fingerprint density at radius 2 is 2.16 bits per heavy atom. The van der Waals surface area contributed by atoms with Gasteiger partial charge in [0.05, 0.1) is 0 Å². The Morgan fingerprint density at radius 3 is 2.84 bits per heavy atom. The largest absolute Gasteiger partial charge is 0.457 e. The summed E-state index contributed by atoms with van der Waals surface area (Å²) in [7, 11) is 0. The molecule has 0 aromatic rings. The van der Waals surface area contributed by atoms with Crippen LogP contribution in [0.5, 0.6) is 0 Å². The van der Waals surface area contributed by atoms with Crippen LogP contribution in [0.15, 0.2) is 4.99 Å². The minimum absolute atomic E-state index is 0.107. The Bertz CT molecular complexity index is 456. The number of aliphatic hydroxyl groups is 3. The Hall–Kier alpha value is -1.38. The molecule has 0 aromatic heterocycles. The van der Waals surface area contributed by atoms with E-state index in [-0.39, 0.29) is 11.9 Å². The van der Waals surface area contributed by atoms with Gasteiger partial charge in [-0.15, -0.1) is 0 Å². The summed E-state index contributed by atoms with van der Waals surface area (Å²) in [4.78, 5) is 15.6. The Morgan fingerprint density at radius 1 is 1.47 bits per heavy atom. The van der Waals surface area contributed by atoms with E-state index in [0.29, 0.717) is 6.42 Å². The monoisotopic (exact) mass is 271 g/mol. The number of esters is 1. The number of nitrogens with zero attached hydrogens (tertiary/aromatic N) is 1. The van der Waals surface area contributed by atoms with Gasteiger partial charge in [-0.2, -0.15) is 0 Å². The smallest absolute Gasteiger partial charge is 0.337 e. The van der Waals surface area contributed by atoms with Gasteiger partial charge in [-0.25, -0.2) is 9.79 Å². The molecule has 2 heterocycles. The molecule has 0 aromatic carbocycles. The van der Waals surface area contributed by atoms with Crippen molar-refractivity contribution in [2.24, 2.45) is 22.6 Å². The fourth-order valence-corrected chi connectivity index (χ4v) is 3.56. The predicted octanol–water partition coefficient (Wildman–Crippen LogP) is -2.74. The third-order valence-electron chi connectivity index (χ3n) is 4.50. The quantitative estimate of drug-likeness (QED) is 0.301. The first-order chi connectivity index (χ1) is 8.87. The molecule has 2 aliphatic heterocycles. The van der Waals surface area contributed by atoms with Crippen molar-refractivity contribution in [2.45, 2.75) is 43.4 Å². The molecule has 2 fully saturated rings. The van der Waals surface area contributed by atoms with Gasteiger partial charge in [-0.05, 0) is 12.3 Å². The predicted molar refractivity (Wildman–Crippen MR) is 62.7 cm³/mol. The van der Waals surface area contributed by atoms with Crippen LogP contribution < -0.4 is 11.1 Å².